The first-order valence-corrected chi connectivity index (χ1v) is 6.47. The Morgan fingerprint density at radius 3 is 2.50 bits per heavy atom. The van der Waals surface area contributed by atoms with E-state index in [0.717, 1.165) is 27.8 Å². The Kier molecular flexibility index (Phi) is 4.29. The normalized spacial score (nSPS) is 9.83. The number of nitriles is 1. The summed E-state index contributed by atoms with van der Waals surface area (Å²) in [5.41, 5.74) is 2.83. The Morgan fingerprint density at radius 2 is 1.89 bits per heavy atom. The van der Waals surface area contributed by atoms with Crippen molar-refractivity contribution >= 4 is 28.8 Å². The van der Waals surface area contributed by atoms with Gasteiger partial charge in [-0.3, -0.25) is 0 Å². The van der Waals surface area contributed by atoms with Crippen LogP contribution in [-0.4, -0.2) is 0 Å². The summed E-state index contributed by atoms with van der Waals surface area (Å²) < 4.78 is 6.04. The lowest BCUT2D eigenvalue weighted by Gasteiger charge is -2.08. The molecule has 0 aliphatic carbocycles. The second-order valence-corrected chi connectivity index (χ2v) is 4.93. The standard InChI is InChI=1S/C14H10BrNOS/c15-13-5-6-14(17-18)12(8-13)7-10-1-3-11(9-16)4-2-10/h1-6,8,18H,7H2. The van der Waals surface area contributed by atoms with E-state index in [-0.39, 0.29) is 0 Å². The molecule has 0 amide bonds. The minimum Gasteiger partial charge on any atom is -0.429 e. The number of thiol groups is 1. The first-order chi connectivity index (χ1) is 8.72. The minimum atomic E-state index is 0.665. The van der Waals surface area contributed by atoms with Crippen LogP contribution in [0.5, 0.6) is 5.75 Å². The van der Waals surface area contributed by atoms with E-state index in [2.05, 4.69) is 34.9 Å². The molecule has 0 aliphatic heterocycles. The predicted octanol–water partition coefficient (Wildman–Crippen LogP) is 4.14. The average Bonchev–Trinajstić information content (AvgIpc) is 2.40. The molecule has 0 N–H and O–H groups in total. The summed E-state index contributed by atoms with van der Waals surface area (Å²) in [7, 11) is 0. The molecule has 2 aromatic rings. The van der Waals surface area contributed by atoms with E-state index in [1.54, 1.807) is 0 Å². The van der Waals surface area contributed by atoms with Crippen LogP contribution in [-0.2, 0) is 6.42 Å². The largest absolute Gasteiger partial charge is 0.429 e. The number of halogens is 1. The van der Waals surface area contributed by atoms with Crippen LogP contribution in [0, 0.1) is 11.3 Å². The SMILES string of the molecule is N#Cc1ccc(Cc2cc(Br)ccc2OS)cc1. The molecule has 0 spiro atoms. The molecule has 2 nitrogen and oxygen atoms in total. The predicted molar refractivity (Wildman–Crippen MR) is 77.7 cm³/mol. The molecule has 2 rings (SSSR count). The number of hydrogen-bond acceptors (Lipinski definition) is 3. The van der Waals surface area contributed by atoms with Crippen LogP contribution in [0.1, 0.15) is 16.7 Å². The van der Waals surface area contributed by atoms with Crippen molar-refractivity contribution < 1.29 is 4.18 Å². The zero-order valence-corrected chi connectivity index (χ0v) is 11.9. The minimum absolute atomic E-state index is 0.665. The Hall–Kier alpha value is -1.44. The summed E-state index contributed by atoms with van der Waals surface area (Å²) in [6.45, 7) is 0. The van der Waals surface area contributed by atoms with Crippen LogP contribution in [0.15, 0.2) is 46.9 Å². The van der Waals surface area contributed by atoms with Crippen molar-refractivity contribution in [3.8, 4) is 11.8 Å². The zero-order valence-electron chi connectivity index (χ0n) is 9.43. The molecule has 2 aromatic carbocycles. The lowest BCUT2D eigenvalue weighted by Crippen LogP contribution is -1.92. The third-order valence-electron chi connectivity index (χ3n) is 2.60. The van der Waals surface area contributed by atoms with Crippen molar-refractivity contribution in [2.45, 2.75) is 6.42 Å². The van der Waals surface area contributed by atoms with Crippen molar-refractivity contribution in [1.82, 2.24) is 0 Å². The first kappa shape index (κ1) is 13.0. The number of rotatable bonds is 3. The molecular formula is C14H10BrNOS. The van der Waals surface area contributed by atoms with E-state index >= 15 is 0 Å². The van der Waals surface area contributed by atoms with Crippen LogP contribution in [0.3, 0.4) is 0 Å². The fourth-order valence-electron chi connectivity index (χ4n) is 1.69. The van der Waals surface area contributed by atoms with E-state index < -0.39 is 0 Å². The maximum atomic E-state index is 8.75. The highest BCUT2D eigenvalue weighted by Gasteiger charge is 2.05. The maximum Gasteiger partial charge on any atom is 0.140 e. The summed E-state index contributed by atoms with van der Waals surface area (Å²) in [4.78, 5) is 0. The first-order valence-electron chi connectivity index (χ1n) is 5.32. The maximum absolute atomic E-state index is 8.75. The Morgan fingerprint density at radius 1 is 1.17 bits per heavy atom. The Balaban J connectivity index is 2.27. The fourth-order valence-corrected chi connectivity index (χ4v) is 2.28. The van der Waals surface area contributed by atoms with Crippen LogP contribution in [0.25, 0.3) is 0 Å². The topological polar surface area (TPSA) is 33.0 Å². The summed E-state index contributed by atoms with van der Waals surface area (Å²) in [6, 6.07) is 15.4. The second-order valence-electron chi connectivity index (χ2n) is 3.83. The highest BCUT2D eigenvalue weighted by molar-refractivity contribution is 9.10. The molecule has 0 radical (unpaired) electrons. The van der Waals surface area contributed by atoms with Crippen LogP contribution in [0.4, 0.5) is 0 Å². The third-order valence-corrected chi connectivity index (χ3v) is 3.29. The van der Waals surface area contributed by atoms with E-state index in [9.17, 15) is 0 Å². The molecule has 18 heavy (non-hydrogen) atoms. The van der Waals surface area contributed by atoms with Crippen molar-refractivity contribution in [3.63, 3.8) is 0 Å². The summed E-state index contributed by atoms with van der Waals surface area (Å²) in [6.07, 6.45) is 0.737. The molecule has 0 saturated heterocycles. The zero-order chi connectivity index (χ0) is 13.0. The third kappa shape index (κ3) is 3.06. The van der Waals surface area contributed by atoms with Crippen molar-refractivity contribution in [2.75, 3.05) is 0 Å². The lowest BCUT2D eigenvalue weighted by molar-refractivity contribution is 0.648. The van der Waals surface area contributed by atoms with Crippen LogP contribution in [0.2, 0.25) is 0 Å². The van der Waals surface area contributed by atoms with Gasteiger partial charge in [-0.25, -0.2) is 0 Å². The van der Waals surface area contributed by atoms with E-state index in [0.29, 0.717) is 5.56 Å². The molecule has 0 aliphatic rings. The average molecular weight is 320 g/mol. The molecule has 4 heteroatoms. The second kappa shape index (κ2) is 5.94. The van der Waals surface area contributed by atoms with Gasteiger partial charge in [0.1, 0.15) is 5.75 Å². The van der Waals surface area contributed by atoms with Gasteiger partial charge in [0.25, 0.3) is 0 Å². The van der Waals surface area contributed by atoms with Gasteiger partial charge in [-0.15, -0.1) is 0 Å². The molecule has 0 atom stereocenters. The van der Waals surface area contributed by atoms with E-state index in [1.165, 1.54) is 0 Å². The number of nitrogens with zero attached hydrogens (tertiary/aromatic N) is 1. The molecule has 0 unspecified atom stereocenters. The van der Waals surface area contributed by atoms with Crippen LogP contribution < -0.4 is 4.18 Å². The van der Waals surface area contributed by atoms with E-state index in [1.807, 2.05) is 42.5 Å². The highest BCUT2D eigenvalue weighted by atomic mass is 79.9. The van der Waals surface area contributed by atoms with Gasteiger partial charge < -0.3 is 4.18 Å². The van der Waals surface area contributed by atoms with Crippen molar-refractivity contribution in [3.05, 3.63) is 63.6 Å². The molecule has 90 valence electrons. The van der Waals surface area contributed by atoms with Gasteiger partial charge in [-0.05, 0) is 35.9 Å². The molecule has 0 fully saturated rings. The quantitative estimate of drug-likeness (QED) is 0.681. The molecule has 0 heterocycles. The molecular weight excluding hydrogens is 310 g/mol. The fraction of sp³-hybridized carbons (Fsp3) is 0.0714. The van der Waals surface area contributed by atoms with Crippen LogP contribution >= 0.6 is 28.8 Å². The van der Waals surface area contributed by atoms with Crippen molar-refractivity contribution in [2.24, 2.45) is 0 Å². The number of hydrogen-bond donors (Lipinski definition) is 1. The van der Waals surface area contributed by atoms with Gasteiger partial charge in [0.2, 0.25) is 0 Å². The van der Waals surface area contributed by atoms with Gasteiger partial charge in [0, 0.05) is 29.4 Å². The monoisotopic (exact) mass is 319 g/mol. The smallest absolute Gasteiger partial charge is 0.140 e. The molecule has 0 bridgehead atoms. The summed E-state index contributed by atoms with van der Waals surface area (Å²) in [5, 5.41) is 8.75. The van der Waals surface area contributed by atoms with Gasteiger partial charge in [0.15, 0.2) is 0 Å². The lowest BCUT2D eigenvalue weighted by atomic mass is 10.0. The molecule has 0 saturated carbocycles. The van der Waals surface area contributed by atoms with Gasteiger partial charge in [-0.2, -0.15) is 5.26 Å². The summed E-state index contributed by atoms with van der Waals surface area (Å²) >= 11 is 7.29. The number of benzene rings is 2. The van der Waals surface area contributed by atoms with Gasteiger partial charge >= 0.3 is 0 Å². The summed E-state index contributed by atoms with van der Waals surface area (Å²) in [5.74, 6) is 0.742. The van der Waals surface area contributed by atoms with Gasteiger partial charge in [0.05, 0.1) is 11.6 Å². The van der Waals surface area contributed by atoms with Gasteiger partial charge in [-0.1, -0.05) is 28.1 Å². The Labute approximate surface area is 120 Å². The van der Waals surface area contributed by atoms with E-state index in [4.69, 9.17) is 9.44 Å². The Bertz CT molecular complexity index is 590. The highest BCUT2D eigenvalue weighted by Crippen LogP contribution is 2.26. The van der Waals surface area contributed by atoms with Crippen molar-refractivity contribution in [1.29, 1.82) is 5.26 Å². The molecule has 0 aromatic heterocycles.